The van der Waals surface area contributed by atoms with Gasteiger partial charge in [0.15, 0.2) is 0 Å². The minimum Gasteiger partial charge on any atom is -0.478 e. The molecule has 0 saturated carbocycles. The fourth-order valence-electron chi connectivity index (χ4n) is 1.46. The zero-order chi connectivity index (χ0) is 14.4. The van der Waals surface area contributed by atoms with Gasteiger partial charge in [-0.3, -0.25) is 5.10 Å². The quantitative estimate of drug-likeness (QED) is 0.606. The Morgan fingerprint density at radius 1 is 1.26 bits per heavy atom. The number of nitrogens with zero attached hydrogens (tertiary/aromatic N) is 1. The molecule has 0 saturated heterocycles. The molecular weight excluding hydrogens is 250 g/mol. The van der Waals surface area contributed by atoms with E-state index in [4.69, 9.17) is 15.9 Å². The van der Waals surface area contributed by atoms with Crippen LogP contribution >= 0.6 is 0 Å². The Labute approximate surface area is 108 Å². The minimum atomic E-state index is -1.22. The minimum absolute atomic E-state index is 0.0448. The van der Waals surface area contributed by atoms with Gasteiger partial charge in [0.25, 0.3) is 0 Å². The average molecular weight is 263 g/mol. The maximum absolute atomic E-state index is 10.7. The lowest BCUT2D eigenvalue weighted by molar-refractivity contribution is 0.0696. The first-order valence-corrected chi connectivity index (χ1v) is 5.24. The van der Waals surface area contributed by atoms with E-state index in [1.165, 1.54) is 19.1 Å². The SMILES string of the molecule is Cc1c(C(=O)O)ccc(N)c1C(=O)O.c1cn[nH]c1. The van der Waals surface area contributed by atoms with Crippen LogP contribution in [-0.2, 0) is 0 Å². The molecule has 0 aliphatic rings. The van der Waals surface area contributed by atoms with Crippen molar-refractivity contribution in [1.82, 2.24) is 10.2 Å². The molecule has 7 heteroatoms. The van der Waals surface area contributed by atoms with Gasteiger partial charge in [0.05, 0.1) is 11.1 Å². The van der Waals surface area contributed by atoms with Gasteiger partial charge in [0.2, 0.25) is 0 Å². The highest BCUT2D eigenvalue weighted by atomic mass is 16.4. The molecule has 0 radical (unpaired) electrons. The number of hydrogen-bond donors (Lipinski definition) is 4. The topological polar surface area (TPSA) is 129 Å². The van der Waals surface area contributed by atoms with Gasteiger partial charge in [-0.2, -0.15) is 5.10 Å². The molecule has 0 unspecified atom stereocenters. The summed E-state index contributed by atoms with van der Waals surface area (Å²) in [7, 11) is 0. The third-order valence-electron chi connectivity index (χ3n) is 2.35. The summed E-state index contributed by atoms with van der Waals surface area (Å²) in [5.41, 5.74) is 5.47. The number of aromatic nitrogens is 2. The Kier molecular flexibility index (Phi) is 4.64. The standard InChI is InChI=1S/C9H9NO4.C3H4N2/c1-4-5(8(11)12)2-3-6(10)7(4)9(13)14;1-2-4-5-3-1/h2-3H,10H2,1H3,(H,11,12)(H,13,14);1-3H,(H,4,5). The Hall–Kier alpha value is -2.83. The summed E-state index contributed by atoms with van der Waals surface area (Å²) in [6.45, 7) is 1.42. The van der Waals surface area contributed by atoms with Crippen LogP contribution in [0.5, 0.6) is 0 Å². The van der Waals surface area contributed by atoms with Crippen molar-refractivity contribution in [3.63, 3.8) is 0 Å². The fourth-order valence-corrected chi connectivity index (χ4v) is 1.46. The summed E-state index contributed by atoms with van der Waals surface area (Å²) in [5.74, 6) is -2.38. The third-order valence-corrected chi connectivity index (χ3v) is 2.35. The molecule has 0 spiro atoms. The molecule has 2 aromatic rings. The first kappa shape index (κ1) is 14.2. The summed E-state index contributed by atoms with van der Waals surface area (Å²) < 4.78 is 0. The average Bonchev–Trinajstić information content (AvgIpc) is 2.86. The Balaban J connectivity index is 0.000000300. The number of aromatic amines is 1. The van der Waals surface area contributed by atoms with E-state index in [2.05, 4.69) is 10.2 Å². The van der Waals surface area contributed by atoms with Crippen LogP contribution in [0.1, 0.15) is 26.3 Å². The molecule has 5 N–H and O–H groups in total. The lowest BCUT2D eigenvalue weighted by Gasteiger charge is -2.07. The molecule has 7 nitrogen and oxygen atoms in total. The van der Waals surface area contributed by atoms with E-state index in [9.17, 15) is 9.59 Å². The second-order valence-electron chi connectivity index (χ2n) is 3.58. The van der Waals surface area contributed by atoms with Crippen LogP contribution in [0.25, 0.3) is 0 Å². The second-order valence-corrected chi connectivity index (χ2v) is 3.58. The number of nitrogens with one attached hydrogen (secondary N) is 1. The van der Waals surface area contributed by atoms with Crippen molar-refractivity contribution in [2.45, 2.75) is 6.92 Å². The molecule has 1 aromatic carbocycles. The molecule has 0 bridgehead atoms. The maximum Gasteiger partial charge on any atom is 0.338 e. The molecule has 1 heterocycles. The Morgan fingerprint density at radius 2 is 1.95 bits per heavy atom. The predicted molar refractivity (Wildman–Crippen MR) is 68.1 cm³/mol. The number of H-pyrrole nitrogens is 1. The molecule has 1 aromatic heterocycles. The number of benzene rings is 1. The number of carbonyl (C=O) groups is 2. The van der Waals surface area contributed by atoms with Crippen molar-refractivity contribution in [2.75, 3.05) is 5.73 Å². The summed E-state index contributed by atoms with van der Waals surface area (Å²) in [5, 5.41) is 23.7. The van der Waals surface area contributed by atoms with Gasteiger partial charge >= 0.3 is 11.9 Å². The first-order valence-electron chi connectivity index (χ1n) is 5.24. The molecule has 19 heavy (non-hydrogen) atoms. The van der Waals surface area contributed by atoms with Gasteiger partial charge < -0.3 is 15.9 Å². The molecule has 0 amide bonds. The van der Waals surface area contributed by atoms with Crippen molar-refractivity contribution in [3.8, 4) is 0 Å². The fraction of sp³-hybridized carbons (Fsp3) is 0.0833. The second kappa shape index (κ2) is 6.20. The highest BCUT2D eigenvalue weighted by Crippen LogP contribution is 2.20. The number of carboxylic acid groups (broad SMARTS) is 2. The smallest absolute Gasteiger partial charge is 0.338 e. The highest BCUT2D eigenvalue weighted by Gasteiger charge is 2.17. The van der Waals surface area contributed by atoms with Gasteiger partial charge in [0.1, 0.15) is 0 Å². The number of hydrogen-bond acceptors (Lipinski definition) is 4. The summed E-state index contributed by atoms with van der Waals surface area (Å²) in [4.78, 5) is 21.4. The van der Waals surface area contributed by atoms with E-state index in [1.54, 1.807) is 12.4 Å². The van der Waals surface area contributed by atoms with Gasteiger partial charge in [-0.25, -0.2) is 9.59 Å². The molecule has 2 rings (SSSR count). The number of nitrogens with two attached hydrogens (primary N) is 1. The van der Waals surface area contributed by atoms with Crippen LogP contribution in [-0.4, -0.2) is 32.3 Å². The van der Waals surface area contributed by atoms with E-state index >= 15 is 0 Å². The third kappa shape index (κ3) is 3.56. The van der Waals surface area contributed by atoms with Crippen LogP contribution in [0.3, 0.4) is 0 Å². The van der Waals surface area contributed by atoms with Crippen molar-refractivity contribution in [1.29, 1.82) is 0 Å². The largest absolute Gasteiger partial charge is 0.478 e. The van der Waals surface area contributed by atoms with Gasteiger partial charge in [-0.05, 0) is 30.7 Å². The number of aromatic carboxylic acids is 2. The van der Waals surface area contributed by atoms with Crippen molar-refractivity contribution in [3.05, 3.63) is 47.3 Å². The van der Waals surface area contributed by atoms with Gasteiger partial charge in [-0.1, -0.05) is 0 Å². The molecule has 100 valence electrons. The van der Waals surface area contributed by atoms with Crippen LogP contribution in [0, 0.1) is 6.92 Å². The van der Waals surface area contributed by atoms with Gasteiger partial charge in [-0.15, -0.1) is 0 Å². The van der Waals surface area contributed by atoms with E-state index in [1.807, 2.05) is 6.07 Å². The lowest BCUT2D eigenvalue weighted by Crippen LogP contribution is -2.10. The lowest BCUT2D eigenvalue weighted by atomic mass is 10.0. The Bertz CT molecular complexity index is 562. The first-order chi connectivity index (χ1) is 8.95. The maximum atomic E-state index is 10.7. The highest BCUT2D eigenvalue weighted by molar-refractivity contribution is 6.00. The van der Waals surface area contributed by atoms with Crippen molar-refractivity contribution in [2.24, 2.45) is 0 Å². The number of anilines is 1. The van der Waals surface area contributed by atoms with Crippen LogP contribution in [0.15, 0.2) is 30.6 Å². The molecular formula is C12H13N3O4. The van der Waals surface area contributed by atoms with E-state index < -0.39 is 11.9 Å². The predicted octanol–water partition coefficient (Wildman–Crippen LogP) is 1.38. The molecule has 0 aliphatic heterocycles. The van der Waals surface area contributed by atoms with Crippen LogP contribution in [0.2, 0.25) is 0 Å². The molecule has 0 aliphatic carbocycles. The van der Waals surface area contributed by atoms with Crippen molar-refractivity contribution >= 4 is 17.6 Å². The molecule has 0 fully saturated rings. The van der Waals surface area contributed by atoms with E-state index in [0.29, 0.717) is 0 Å². The summed E-state index contributed by atoms with van der Waals surface area (Å²) >= 11 is 0. The number of rotatable bonds is 2. The van der Waals surface area contributed by atoms with Crippen LogP contribution in [0.4, 0.5) is 5.69 Å². The summed E-state index contributed by atoms with van der Waals surface area (Å²) in [6, 6.07) is 4.40. The van der Waals surface area contributed by atoms with E-state index in [0.717, 1.165) is 0 Å². The zero-order valence-electron chi connectivity index (χ0n) is 10.1. The van der Waals surface area contributed by atoms with Crippen LogP contribution < -0.4 is 5.73 Å². The zero-order valence-corrected chi connectivity index (χ0v) is 10.1. The number of carboxylic acids is 2. The Morgan fingerprint density at radius 3 is 2.32 bits per heavy atom. The van der Waals surface area contributed by atoms with E-state index in [-0.39, 0.29) is 22.4 Å². The monoisotopic (exact) mass is 263 g/mol. The van der Waals surface area contributed by atoms with Crippen molar-refractivity contribution < 1.29 is 19.8 Å². The van der Waals surface area contributed by atoms with Gasteiger partial charge in [0, 0.05) is 18.1 Å². The summed E-state index contributed by atoms with van der Waals surface area (Å²) in [6.07, 6.45) is 3.46. The number of nitrogen functional groups attached to an aromatic ring is 1. The molecule has 0 atom stereocenters. The normalized spacial score (nSPS) is 9.32.